The van der Waals surface area contributed by atoms with Crippen LogP contribution < -0.4 is 0 Å². The van der Waals surface area contributed by atoms with E-state index in [0.29, 0.717) is 5.56 Å². The molecule has 11 nitrogen and oxygen atoms in total. The first-order valence-corrected chi connectivity index (χ1v) is 14.7. The van der Waals surface area contributed by atoms with Gasteiger partial charge in [0.15, 0.2) is 24.5 Å². The Kier molecular flexibility index (Phi) is 11.4. The van der Waals surface area contributed by atoms with Gasteiger partial charge in [0, 0.05) is 11.8 Å². The molecule has 0 aromatic heterocycles. The first kappa shape index (κ1) is 36.7. The van der Waals surface area contributed by atoms with E-state index in [-0.39, 0.29) is 12.4 Å². The molecule has 2 rings (SSSR count). The molecular weight excluding hydrogens is 570 g/mol. The number of hydrogen-bond donors (Lipinski definition) is 1. The molecule has 0 aliphatic carbocycles. The minimum absolute atomic E-state index is 0.0568. The van der Waals surface area contributed by atoms with Crippen LogP contribution in [0.5, 0.6) is 5.75 Å². The van der Waals surface area contributed by atoms with Crippen molar-refractivity contribution < 1.29 is 48.0 Å². The Bertz CT molecular complexity index is 1230. The summed E-state index contributed by atoms with van der Waals surface area (Å²) in [6.07, 6.45) is -5.31. The number of carbonyl (C=O) groups is 4. The number of aliphatic imine (C=N–C) groups is 1. The van der Waals surface area contributed by atoms with Gasteiger partial charge in [-0.05, 0) is 95.2 Å². The third-order valence-electron chi connectivity index (χ3n) is 6.46. The van der Waals surface area contributed by atoms with Gasteiger partial charge in [-0.25, -0.2) is 0 Å². The van der Waals surface area contributed by atoms with Gasteiger partial charge in [0.25, 0.3) is 0 Å². The maximum atomic E-state index is 13.3. The summed E-state index contributed by atoms with van der Waals surface area (Å²) in [5.74, 6) is -2.55. The molecule has 0 saturated carbocycles. The third kappa shape index (κ3) is 10.0. The minimum atomic E-state index is -1.40. The molecular formula is C33H49NO10. The van der Waals surface area contributed by atoms with E-state index in [0.717, 1.165) is 0 Å². The number of ether oxygens (including phenoxy) is 5. The van der Waals surface area contributed by atoms with Gasteiger partial charge in [-0.1, -0.05) is 12.1 Å². The molecule has 11 heteroatoms. The summed E-state index contributed by atoms with van der Waals surface area (Å²) in [6.45, 7) is 19.5. The van der Waals surface area contributed by atoms with Gasteiger partial charge in [0.1, 0.15) is 18.5 Å². The lowest BCUT2D eigenvalue weighted by molar-refractivity contribution is -0.258. The van der Waals surface area contributed by atoms with Gasteiger partial charge in [0.2, 0.25) is 0 Å². The monoisotopic (exact) mass is 619 g/mol. The number of esters is 4. The molecule has 0 spiro atoms. The standard InChI is InChI=1S/C33H49NO10/c1-30(2,3)26(36)40-18-21-22(42-27(37)31(4,5)6)23(43-28(38)32(7,8)9)24(44-29(39)33(10,11)12)25(41-21)34-17-19-15-13-14-16-20(19)35/h13-17,21-25,35H,18H2,1-12H3/t21?,22-,23-,24?,25-/m1/s1. The Morgan fingerprint density at radius 2 is 1.14 bits per heavy atom. The first-order chi connectivity index (χ1) is 19.9. The second-order valence-corrected chi connectivity index (χ2v) is 15.1. The van der Waals surface area contributed by atoms with E-state index in [1.165, 1.54) is 12.3 Å². The molecule has 1 aromatic carbocycles. The van der Waals surface area contributed by atoms with Crippen LogP contribution in [0.2, 0.25) is 0 Å². The van der Waals surface area contributed by atoms with Gasteiger partial charge in [-0.2, -0.15) is 0 Å². The summed E-state index contributed by atoms with van der Waals surface area (Å²) in [5, 5.41) is 10.3. The highest BCUT2D eigenvalue weighted by molar-refractivity contribution is 5.83. The lowest BCUT2D eigenvalue weighted by Gasteiger charge is -2.45. The van der Waals surface area contributed by atoms with E-state index in [1.54, 1.807) is 101 Å². The van der Waals surface area contributed by atoms with Gasteiger partial charge in [-0.15, -0.1) is 0 Å². The second-order valence-electron chi connectivity index (χ2n) is 15.1. The number of phenolic OH excluding ortho intramolecular Hbond substituents is 1. The number of hydrogen-bond acceptors (Lipinski definition) is 11. The SMILES string of the molecule is CC(C)(C)C(=O)OCC1O[C@@H](N=Cc2ccccc2O)C(OC(=O)C(C)(C)C)[C@H](OC(=O)C(C)(C)C)[C@@H]1OC(=O)C(C)(C)C. The largest absolute Gasteiger partial charge is 0.507 e. The van der Waals surface area contributed by atoms with Crippen molar-refractivity contribution in [3.63, 3.8) is 0 Å². The Labute approximate surface area is 260 Å². The molecule has 44 heavy (non-hydrogen) atoms. The Morgan fingerprint density at radius 3 is 1.59 bits per heavy atom. The zero-order chi connectivity index (χ0) is 33.8. The Morgan fingerprint density at radius 1 is 0.705 bits per heavy atom. The van der Waals surface area contributed by atoms with E-state index < -0.39 is 76.2 Å². The van der Waals surface area contributed by atoms with E-state index in [9.17, 15) is 24.3 Å². The van der Waals surface area contributed by atoms with Crippen LogP contribution in [0.4, 0.5) is 0 Å². The van der Waals surface area contributed by atoms with Crippen LogP contribution in [0.3, 0.4) is 0 Å². The van der Waals surface area contributed by atoms with E-state index >= 15 is 0 Å². The summed E-state index contributed by atoms with van der Waals surface area (Å²) in [6, 6.07) is 6.44. The smallest absolute Gasteiger partial charge is 0.311 e. The second kappa shape index (κ2) is 13.7. The van der Waals surface area contributed by atoms with Crippen molar-refractivity contribution in [3.8, 4) is 5.75 Å². The number of carbonyl (C=O) groups excluding carboxylic acids is 4. The number of aromatic hydroxyl groups is 1. The fraction of sp³-hybridized carbons (Fsp3) is 0.667. The zero-order valence-corrected chi connectivity index (χ0v) is 28.0. The number of phenols is 1. The Hall–Kier alpha value is -3.47. The third-order valence-corrected chi connectivity index (χ3v) is 6.46. The normalized spacial score (nSPS) is 23.1. The fourth-order valence-electron chi connectivity index (χ4n) is 3.58. The van der Waals surface area contributed by atoms with E-state index in [4.69, 9.17) is 23.7 Å². The molecule has 246 valence electrons. The Balaban J connectivity index is 2.73. The van der Waals surface area contributed by atoms with Gasteiger partial charge >= 0.3 is 23.9 Å². The molecule has 5 atom stereocenters. The van der Waals surface area contributed by atoms with Gasteiger partial charge in [0.05, 0.1) is 21.7 Å². The zero-order valence-electron chi connectivity index (χ0n) is 28.0. The lowest BCUT2D eigenvalue weighted by atomic mass is 9.92. The highest BCUT2D eigenvalue weighted by Crippen LogP contribution is 2.34. The average Bonchev–Trinajstić information content (AvgIpc) is 2.87. The van der Waals surface area contributed by atoms with Crippen molar-refractivity contribution in [2.75, 3.05) is 6.61 Å². The van der Waals surface area contributed by atoms with Crippen molar-refractivity contribution in [1.29, 1.82) is 0 Å². The summed E-state index contributed by atoms with van der Waals surface area (Å²) >= 11 is 0. The van der Waals surface area contributed by atoms with Crippen molar-refractivity contribution >= 4 is 30.1 Å². The molecule has 0 radical (unpaired) electrons. The van der Waals surface area contributed by atoms with Gasteiger partial charge in [-0.3, -0.25) is 24.2 Å². The summed E-state index contributed by atoms with van der Waals surface area (Å²) < 4.78 is 29.7. The fourth-order valence-corrected chi connectivity index (χ4v) is 3.58. The van der Waals surface area contributed by atoms with Crippen LogP contribution >= 0.6 is 0 Å². The van der Waals surface area contributed by atoms with Crippen LogP contribution in [-0.2, 0) is 42.9 Å². The molecule has 0 amide bonds. The molecule has 1 N–H and O–H groups in total. The molecule has 1 aromatic rings. The summed E-state index contributed by atoms with van der Waals surface area (Å²) in [4.78, 5) is 57.0. The molecule has 0 bridgehead atoms. The highest BCUT2D eigenvalue weighted by Gasteiger charge is 2.54. The number of para-hydroxylation sites is 1. The maximum absolute atomic E-state index is 13.3. The average molecular weight is 620 g/mol. The molecule has 2 unspecified atom stereocenters. The molecule has 1 saturated heterocycles. The number of benzene rings is 1. The molecule has 1 fully saturated rings. The number of nitrogens with zero attached hydrogens (tertiary/aromatic N) is 1. The maximum Gasteiger partial charge on any atom is 0.311 e. The van der Waals surface area contributed by atoms with Crippen LogP contribution in [-0.4, -0.2) is 72.4 Å². The molecule has 1 aliphatic heterocycles. The number of rotatable bonds is 7. The van der Waals surface area contributed by atoms with Crippen LogP contribution in [0.1, 0.15) is 88.6 Å². The van der Waals surface area contributed by atoms with E-state index in [1.807, 2.05) is 0 Å². The molecule has 1 aliphatic rings. The lowest BCUT2D eigenvalue weighted by Crippen LogP contribution is -2.63. The van der Waals surface area contributed by atoms with Crippen molar-refractivity contribution in [2.24, 2.45) is 26.7 Å². The van der Waals surface area contributed by atoms with Crippen LogP contribution in [0.25, 0.3) is 0 Å². The summed E-state index contributed by atoms with van der Waals surface area (Å²) in [5.41, 5.74) is -3.43. The van der Waals surface area contributed by atoms with Crippen molar-refractivity contribution in [3.05, 3.63) is 29.8 Å². The van der Waals surface area contributed by atoms with Crippen LogP contribution in [0.15, 0.2) is 29.3 Å². The first-order valence-electron chi connectivity index (χ1n) is 14.7. The van der Waals surface area contributed by atoms with Crippen molar-refractivity contribution in [1.82, 2.24) is 0 Å². The highest BCUT2D eigenvalue weighted by atomic mass is 16.7. The van der Waals surface area contributed by atoms with Crippen LogP contribution in [0, 0.1) is 21.7 Å². The quantitative estimate of drug-likeness (QED) is 0.251. The minimum Gasteiger partial charge on any atom is -0.507 e. The van der Waals surface area contributed by atoms with Gasteiger partial charge < -0.3 is 28.8 Å². The molecule has 1 heterocycles. The predicted molar refractivity (Wildman–Crippen MR) is 163 cm³/mol. The van der Waals surface area contributed by atoms with Crippen molar-refractivity contribution in [2.45, 2.75) is 114 Å². The summed E-state index contributed by atoms with van der Waals surface area (Å²) in [7, 11) is 0. The van der Waals surface area contributed by atoms with E-state index in [2.05, 4.69) is 4.99 Å². The topological polar surface area (TPSA) is 147 Å². The predicted octanol–water partition coefficient (Wildman–Crippen LogP) is 5.00.